The topological polar surface area (TPSA) is 9.23 Å². The van der Waals surface area contributed by atoms with Gasteiger partial charge in [-0.05, 0) is 35.2 Å². The Bertz CT molecular complexity index is 394. The van der Waals surface area contributed by atoms with Crippen LogP contribution in [0.25, 0.3) is 11.1 Å². The molecule has 0 aliphatic rings. The molecule has 0 unspecified atom stereocenters. The number of hydrogen-bond donors (Lipinski definition) is 0. The summed E-state index contributed by atoms with van der Waals surface area (Å²) in [5, 5.41) is 0. The fourth-order valence-corrected chi connectivity index (χ4v) is 1.72. The molecule has 0 spiro atoms. The molecule has 0 N–H and O–H groups in total. The van der Waals surface area contributed by atoms with E-state index >= 15 is 0 Å². The Morgan fingerprint density at radius 2 is 1.31 bits per heavy atom. The van der Waals surface area contributed by atoms with Gasteiger partial charge in [-0.2, -0.15) is 0 Å². The summed E-state index contributed by atoms with van der Waals surface area (Å²) in [5.41, 5.74) is 3.85. The summed E-state index contributed by atoms with van der Waals surface area (Å²) >= 11 is 0. The largest absolute Gasteiger partial charge is 0.497 e. The van der Waals surface area contributed by atoms with Crippen molar-refractivity contribution < 1.29 is 4.74 Å². The number of methoxy groups -OCH3 is 1. The van der Waals surface area contributed by atoms with Gasteiger partial charge >= 0.3 is 0 Å². The third-order valence-corrected chi connectivity index (χ3v) is 2.79. The number of benzene rings is 2. The molecule has 0 atom stereocenters. The van der Waals surface area contributed by atoms with Gasteiger partial charge < -0.3 is 4.74 Å². The Kier molecular flexibility index (Phi) is 3.25. The maximum absolute atomic E-state index is 5.14. The highest BCUT2D eigenvalue weighted by Gasteiger charge is 1.98. The smallest absolute Gasteiger partial charge is 0.118 e. The van der Waals surface area contributed by atoms with Gasteiger partial charge in [-0.3, -0.25) is 0 Å². The van der Waals surface area contributed by atoms with Gasteiger partial charge in [0.2, 0.25) is 0 Å². The Labute approximate surface area is 96.7 Å². The van der Waals surface area contributed by atoms with Crippen LogP contribution in [0.2, 0.25) is 0 Å². The predicted octanol–water partition coefficient (Wildman–Crippen LogP) is 3.92. The van der Waals surface area contributed by atoms with Crippen LogP contribution in [-0.4, -0.2) is 7.11 Å². The lowest BCUT2D eigenvalue weighted by atomic mass is 10.0. The first-order valence-corrected chi connectivity index (χ1v) is 5.57. The normalized spacial score (nSPS) is 10.1. The molecule has 2 aromatic carbocycles. The van der Waals surface area contributed by atoms with Crippen molar-refractivity contribution in [1.29, 1.82) is 0 Å². The monoisotopic (exact) mass is 212 g/mol. The van der Waals surface area contributed by atoms with E-state index in [1.54, 1.807) is 7.11 Å². The predicted molar refractivity (Wildman–Crippen MR) is 67.8 cm³/mol. The van der Waals surface area contributed by atoms with E-state index in [1.165, 1.54) is 16.7 Å². The van der Waals surface area contributed by atoms with E-state index < -0.39 is 0 Å². The van der Waals surface area contributed by atoms with Gasteiger partial charge in [0.15, 0.2) is 0 Å². The fourth-order valence-electron chi connectivity index (χ4n) is 1.72. The lowest BCUT2D eigenvalue weighted by Crippen LogP contribution is -1.83. The van der Waals surface area contributed by atoms with E-state index in [1.807, 2.05) is 12.1 Å². The summed E-state index contributed by atoms with van der Waals surface area (Å²) in [4.78, 5) is 0. The first kappa shape index (κ1) is 10.7. The van der Waals surface area contributed by atoms with Gasteiger partial charge in [-0.1, -0.05) is 43.3 Å². The highest BCUT2D eigenvalue weighted by atomic mass is 16.5. The molecule has 1 heteroatoms. The van der Waals surface area contributed by atoms with Crippen LogP contribution in [0.4, 0.5) is 0 Å². The molecule has 2 aromatic rings. The van der Waals surface area contributed by atoms with Crippen molar-refractivity contribution >= 4 is 0 Å². The molecule has 2 rings (SSSR count). The molecule has 0 saturated heterocycles. The molecular formula is C15H16O. The van der Waals surface area contributed by atoms with Crippen molar-refractivity contribution in [3.8, 4) is 16.9 Å². The van der Waals surface area contributed by atoms with E-state index in [9.17, 15) is 0 Å². The molecule has 0 heterocycles. The third kappa shape index (κ3) is 2.25. The molecule has 0 amide bonds. The first-order valence-electron chi connectivity index (χ1n) is 5.57. The minimum Gasteiger partial charge on any atom is -0.497 e. The number of aryl methyl sites for hydroxylation is 1. The lowest BCUT2D eigenvalue weighted by Gasteiger charge is -2.04. The first-order chi connectivity index (χ1) is 7.83. The van der Waals surface area contributed by atoms with Gasteiger partial charge in [0.1, 0.15) is 5.75 Å². The standard InChI is InChI=1S/C15H16O/c1-3-12-4-6-13(7-5-12)14-8-10-15(16-2)11-9-14/h4-11H,3H2,1-2H3. The fraction of sp³-hybridized carbons (Fsp3) is 0.200. The zero-order chi connectivity index (χ0) is 11.4. The third-order valence-electron chi connectivity index (χ3n) is 2.79. The summed E-state index contributed by atoms with van der Waals surface area (Å²) < 4.78 is 5.14. The van der Waals surface area contributed by atoms with Crippen LogP contribution in [0.5, 0.6) is 5.75 Å². The highest BCUT2D eigenvalue weighted by Crippen LogP contribution is 2.22. The minimum atomic E-state index is 0.897. The summed E-state index contributed by atoms with van der Waals surface area (Å²) in [6.45, 7) is 2.17. The SMILES string of the molecule is CCc1ccc(-c2ccc(OC)cc2)cc1. The Hall–Kier alpha value is -1.76. The zero-order valence-electron chi connectivity index (χ0n) is 9.73. The molecule has 1 nitrogen and oxygen atoms in total. The lowest BCUT2D eigenvalue weighted by molar-refractivity contribution is 0.415. The van der Waals surface area contributed by atoms with E-state index in [2.05, 4.69) is 43.3 Å². The molecule has 16 heavy (non-hydrogen) atoms. The molecule has 82 valence electrons. The van der Waals surface area contributed by atoms with E-state index in [0.29, 0.717) is 0 Å². The van der Waals surface area contributed by atoms with Crippen molar-refractivity contribution in [3.05, 3.63) is 54.1 Å². The van der Waals surface area contributed by atoms with Crippen molar-refractivity contribution in [2.45, 2.75) is 13.3 Å². The van der Waals surface area contributed by atoms with E-state index in [-0.39, 0.29) is 0 Å². The summed E-state index contributed by atoms with van der Waals surface area (Å²) in [7, 11) is 1.69. The van der Waals surface area contributed by atoms with Crippen LogP contribution in [0, 0.1) is 0 Å². The van der Waals surface area contributed by atoms with Crippen molar-refractivity contribution in [2.75, 3.05) is 7.11 Å². The van der Waals surface area contributed by atoms with Crippen LogP contribution in [0.3, 0.4) is 0 Å². The van der Waals surface area contributed by atoms with Gasteiger partial charge in [-0.15, -0.1) is 0 Å². The van der Waals surface area contributed by atoms with Crippen LogP contribution >= 0.6 is 0 Å². The molecular weight excluding hydrogens is 196 g/mol. The number of ether oxygens (including phenoxy) is 1. The zero-order valence-corrected chi connectivity index (χ0v) is 9.73. The van der Waals surface area contributed by atoms with Crippen molar-refractivity contribution in [1.82, 2.24) is 0 Å². The number of hydrogen-bond acceptors (Lipinski definition) is 1. The number of rotatable bonds is 3. The molecule has 0 bridgehead atoms. The Morgan fingerprint density at radius 1 is 0.812 bits per heavy atom. The average Bonchev–Trinajstić information content (AvgIpc) is 2.39. The summed E-state index contributed by atoms with van der Waals surface area (Å²) in [5.74, 6) is 0.897. The molecule has 0 aliphatic carbocycles. The maximum atomic E-state index is 5.14. The quantitative estimate of drug-likeness (QED) is 0.749. The van der Waals surface area contributed by atoms with Gasteiger partial charge in [0.05, 0.1) is 7.11 Å². The summed E-state index contributed by atoms with van der Waals surface area (Å²) in [6.07, 6.45) is 1.09. The molecule has 0 saturated carbocycles. The van der Waals surface area contributed by atoms with Gasteiger partial charge in [0, 0.05) is 0 Å². The second-order valence-electron chi connectivity index (χ2n) is 3.78. The Morgan fingerprint density at radius 3 is 1.75 bits per heavy atom. The summed E-state index contributed by atoms with van der Waals surface area (Å²) in [6, 6.07) is 16.8. The van der Waals surface area contributed by atoms with Crippen LogP contribution in [0.15, 0.2) is 48.5 Å². The minimum absolute atomic E-state index is 0.897. The van der Waals surface area contributed by atoms with E-state index in [0.717, 1.165) is 12.2 Å². The maximum Gasteiger partial charge on any atom is 0.118 e. The van der Waals surface area contributed by atoms with E-state index in [4.69, 9.17) is 4.74 Å². The van der Waals surface area contributed by atoms with Crippen LogP contribution < -0.4 is 4.74 Å². The average molecular weight is 212 g/mol. The van der Waals surface area contributed by atoms with Gasteiger partial charge in [0.25, 0.3) is 0 Å². The molecule has 0 aromatic heterocycles. The van der Waals surface area contributed by atoms with Gasteiger partial charge in [-0.25, -0.2) is 0 Å². The van der Waals surface area contributed by atoms with Crippen LogP contribution in [-0.2, 0) is 6.42 Å². The molecule has 0 fully saturated rings. The molecule has 0 radical (unpaired) electrons. The highest BCUT2D eigenvalue weighted by molar-refractivity contribution is 5.64. The second-order valence-corrected chi connectivity index (χ2v) is 3.78. The second kappa shape index (κ2) is 4.84. The molecule has 0 aliphatic heterocycles. The Balaban J connectivity index is 2.28. The van der Waals surface area contributed by atoms with Crippen LogP contribution in [0.1, 0.15) is 12.5 Å². The van der Waals surface area contributed by atoms with Crippen molar-refractivity contribution in [2.24, 2.45) is 0 Å². The van der Waals surface area contributed by atoms with Crippen molar-refractivity contribution in [3.63, 3.8) is 0 Å².